The van der Waals surface area contributed by atoms with Crippen LogP contribution in [0.3, 0.4) is 0 Å². The molecule has 28 heavy (non-hydrogen) atoms. The summed E-state index contributed by atoms with van der Waals surface area (Å²) in [5.74, 6) is -0.417. The van der Waals surface area contributed by atoms with Crippen LogP contribution < -0.4 is 11.1 Å². The van der Waals surface area contributed by atoms with Crippen molar-refractivity contribution in [3.8, 4) is 5.75 Å². The summed E-state index contributed by atoms with van der Waals surface area (Å²) < 4.78 is 0. The number of phenols is 1. The van der Waals surface area contributed by atoms with Crippen LogP contribution in [-0.4, -0.2) is 39.2 Å². The molecular formula is C21H25N3O4. The van der Waals surface area contributed by atoms with Gasteiger partial charge in [-0.2, -0.15) is 0 Å². The number of aliphatic hydroxyl groups is 1. The van der Waals surface area contributed by atoms with Crippen molar-refractivity contribution in [2.45, 2.75) is 44.4 Å². The molecule has 0 aromatic heterocycles. The second-order valence-electron chi connectivity index (χ2n) is 7.14. The summed E-state index contributed by atoms with van der Waals surface area (Å²) in [5, 5.41) is 22.4. The highest BCUT2D eigenvalue weighted by Crippen LogP contribution is 2.26. The molecule has 1 aliphatic carbocycles. The van der Waals surface area contributed by atoms with Crippen molar-refractivity contribution in [3.05, 3.63) is 59.7 Å². The van der Waals surface area contributed by atoms with Crippen LogP contribution in [0.1, 0.15) is 41.6 Å². The van der Waals surface area contributed by atoms with E-state index < -0.39 is 5.91 Å². The molecule has 1 fully saturated rings. The van der Waals surface area contributed by atoms with Gasteiger partial charge in [0.2, 0.25) is 5.91 Å². The Labute approximate surface area is 163 Å². The van der Waals surface area contributed by atoms with Crippen LogP contribution in [0, 0.1) is 0 Å². The second-order valence-corrected chi connectivity index (χ2v) is 7.14. The Kier molecular flexibility index (Phi) is 6.16. The van der Waals surface area contributed by atoms with Crippen molar-refractivity contribution < 1.29 is 19.8 Å². The van der Waals surface area contributed by atoms with E-state index in [1.807, 2.05) is 6.07 Å². The van der Waals surface area contributed by atoms with Gasteiger partial charge in [-0.15, -0.1) is 0 Å². The number of carbonyl (C=O) groups excluding carboxylic acids is 2. The van der Waals surface area contributed by atoms with E-state index in [9.17, 15) is 19.8 Å². The number of rotatable bonds is 5. The minimum atomic E-state index is -0.561. The summed E-state index contributed by atoms with van der Waals surface area (Å²) in [6, 6.07) is 13.0. The highest BCUT2D eigenvalue weighted by Gasteiger charge is 2.28. The molecular weight excluding hydrogens is 358 g/mol. The van der Waals surface area contributed by atoms with Crippen LogP contribution >= 0.6 is 0 Å². The Morgan fingerprint density at radius 3 is 2.46 bits per heavy atom. The molecule has 148 valence electrons. The number of aliphatic hydroxyl groups excluding tert-OH is 1. The number of anilines is 1. The third-order valence-corrected chi connectivity index (χ3v) is 5.03. The number of benzene rings is 2. The summed E-state index contributed by atoms with van der Waals surface area (Å²) in [4.78, 5) is 26.1. The number of carbonyl (C=O) groups is 2. The van der Waals surface area contributed by atoms with Crippen LogP contribution in [0.5, 0.6) is 5.75 Å². The van der Waals surface area contributed by atoms with Gasteiger partial charge in [-0.25, -0.2) is 4.79 Å². The van der Waals surface area contributed by atoms with E-state index in [1.54, 1.807) is 41.3 Å². The van der Waals surface area contributed by atoms with E-state index in [0.717, 1.165) is 5.56 Å². The first kappa shape index (κ1) is 19.7. The van der Waals surface area contributed by atoms with Crippen LogP contribution in [0.25, 0.3) is 0 Å². The van der Waals surface area contributed by atoms with Crippen molar-refractivity contribution in [1.29, 1.82) is 0 Å². The number of hydrogen-bond acceptors (Lipinski definition) is 4. The summed E-state index contributed by atoms with van der Waals surface area (Å²) in [5.41, 5.74) is 6.92. The molecule has 2 aromatic rings. The summed E-state index contributed by atoms with van der Waals surface area (Å²) in [6.07, 6.45) is 2.37. The first-order valence-corrected chi connectivity index (χ1v) is 9.36. The number of primary amides is 1. The average Bonchev–Trinajstić information content (AvgIpc) is 2.67. The largest absolute Gasteiger partial charge is 0.508 e. The fourth-order valence-electron chi connectivity index (χ4n) is 3.53. The van der Waals surface area contributed by atoms with Gasteiger partial charge in [0, 0.05) is 23.8 Å². The van der Waals surface area contributed by atoms with Gasteiger partial charge in [0.05, 0.1) is 6.10 Å². The van der Waals surface area contributed by atoms with Crippen LogP contribution in [-0.2, 0) is 6.54 Å². The molecule has 3 rings (SSSR count). The molecule has 0 radical (unpaired) electrons. The molecule has 1 saturated carbocycles. The maximum atomic E-state index is 13.0. The smallest absolute Gasteiger partial charge is 0.322 e. The maximum absolute atomic E-state index is 13.0. The summed E-state index contributed by atoms with van der Waals surface area (Å²) in [6.45, 7) is 0.330. The Hall–Kier alpha value is -3.06. The average molecular weight is 383 g/mol. The molecule has 5 N–H and O–H groups in total. The molecule has 7 heteroatoms. The molecule has 0 heterocycles. The number of hydrogen-bond donors (Lipinski definition) is 4. The summed E-state index contributed by atoms with van der Waals surface area (Å²) >= 11 is 0. The number of nitrogens with one attached hydrogen (secondary N) is 1. The van der Waals surface area contributed by atoms with Crippen molar-refractivity contribution in [2.24, 2.45) is 5.73 Å². The molecule has 0 spiro atoms. The van der Waals surface area contributed by atoms with Crippen LogP contribution in [0.15, 0.2) is 48.5 Å². The fraction of sp³-hybridized carbons (Fsp3) is 0.333. The van der Waals surface area contributed by atoms with Crippen LogP contribution in [0.2, 0.25) is 0 Å². The molecule has 0 aliphatic heterocycles. The van der Waals surface area contributed by atoms with Gasteiger partial charge in [0.1, 0.15) is 5.75 Å². The number of urea groups is 1. The van der Waals surface area contributed by atoms with Crippen molar-refractivity contribution in [3.63, 3.8) is 0 Å². The zero-order valence-corrected chi connectivity index (χ0v) is 15.5. The second kappa shape index (κ2) is 8.75. The Bertz CT molecular complexity index is 847. The zero-order valence-electron chi connectivity index (χ0n) is 15.5. The Morgan fingerprint density at radius 2 is 1.79 bits per heavy atom. The first-order valence-electron chi connectivity index (χ1n) is 9.36. The maximum Gasteiger partial charge on any atom is 0.322 e. The number of nitrogens with zero attached hydrogens (tertiary/aromatic N) is 1. The first-order chi connectivity index (χ1) is 13.4. The number of amides is 3. The third kappa shape index (κ3) is 5.01. The molecule has 0 saturated heterocycles. The Balaban J connectivity index is 1.79. The van der Waals surface area contributed by atoms with Crippen LogP contribution in [0.4, 0.5) is 10.5 Å². The molecule has 7 nitrogen and oxygen atoms in total. The van der Waals surface area contributed by atoms with E-state index in [0.29, 0.717) is 43.5 Å². The normalized spacial score (nSPS) is 19.0. The van der Waals surface area contributed by atoms with Crippen molar-refractivity contribution >= 4 is 17.6 Å². The highest BCUT2D eigenvalue weighted by atomic mass is 16.3. The van der Waals surface area contributed by atoms with E-state index in [1.165, 1.54) is 6.07 Å². The lowest BCUT2D eigenvalue weighted by atomic mass is 9.92. The molecule has 0 bridgehead atoms. The Morgan fingerprint density at radius 1 is 1.07 bits per heavy atom. The number of aromatic hydroxyl groups is 1. The van der Waals surface area contributed by atoms with Gasteiger partial charge >= 0.3 is 6.03 Å². The topological polar surface area (TPSA) is 116 Å². The molecule has 0 atom stereocenters. The minimum Gasteiger partial charge on any atom is -0.508 e. The van der Waals surface area contributed by atoms with E-state index in [4.69, 9.17) is 5.73 Å². The SMILES string of the molecule is NC(=O)c1cccc(NC(=O)N(Cc2cccc(O)c2)C2CCC(O)CC2)c1. The molecule has 1 aliphatic rings. The van der Waals surface area contributed by atoms with E-state index >= 15 is 0 Å². The van der Waals surface area contributed by atoms with Gasteiger partial charge in [0.25, 0.3) is 0 Å². The van der Waals surface area contributed by atoms with Crippen molar-refractivity contribution in [2.75, 3.05) is 5.32 Å². The van der Waals surface area contributed by atoms with E-state index in [-0.39, 0.29) is 23.9 Å². The fourth-order valence-corrected chi connectivity index (χ4v) is 3.53. The van der Waals surface area contributed by atoms with Gasteiger partial charge in [-0.05, 0) is 61.6 Å². The lowest BCUT2D eigenvalue weighted by Crippen LogP contribution is -2.44. The minimum absolute atomic E-state index is 0.0231. The molecule has 2 aromatic carbocycles. The van der Waals surface area contributed by atoms with E-state index in [2.05, 4.69) is 5.32 Å². The van der Waals surface area contributed by atoms with Gasteiger partial charge in [0.15, 0.2) is 0 Å². The van der Waals surface area contributed by atoms with Gasteiger partial charge in [-0.3, -0.25) is 4.79 Å². The quantitative estimate of drug-likeness (QED) is 0.635. The number of nitrogens with two attached hydrogens (primary N) is 1. The standard InChI is InChI=1S/C21H25N3O4/c22-20(27)15-4-2-5-16(12-15)23-21(28)24(17-7-9-18(25)10-8-17)13-14-3-1-6-19(26)11-14/h1-6,11-12,17-18,25-26H,7-10,13H2,(H2,22,27)(H,23,28). The summed E-state index contributed by atoms with van der Waals surface area (Å²) in [7, 11) is 0. The zero-order chi connectivity index (χ0) is 20.1. The van der Waals surface area contributed by atoms with Gasteiger partial charge < -0.3 is 26.2 Å². The highest BCUT2D eigenvalue weighted by molar-refractivity contribution is 5.96. The number of phenolic OH excluding ortho intramolecular Hbond substituents is 1. The third-order valence-electron chi connectivity index (χ3n) is 5.03. The monoisotopic (exact) mass is 383 g/mol. The van der Waals surface area contributed by atoms with Gasteiger partial charge in [-0.1, -0.05) is 18.2 Å². The lowest BCUT2D eigenvalue weighted by Gasteiger charge is -2.36. The predicted molar refractivity (Wildman–Crippen MR) is 106 cm³/mol. The lowest BCUT2D eigenvalue weighted by molar-refractivity contribution is 0.0849. The van der Waals surface area contributed by atoms with Crippen molar-refractivity contribution in [1.82, 2.24) is 4.90 Å². The molecule has 0 unspecified atom stereocenters. The molecule has 3 amide bonds. The predicted octanol–water partition coefficient (Wildman–Crippen LogP) is 2.83.